The molecule has 0 radical (unpaired) electrons. The summed E-state index contributed by atoms with van der Waals surface area (Å²) in [5.74, 6) is 1.29. The molecule has 0 bridgehead atoms. The van der Waals surface area contributed by atoms with Crippen LogP contribution in [0, 0.1) is 0 Å². The summed E-state index contributed by atoms with van der Waals surface area (Å²) < 4.78 is 8.38. The highest BCUT2D eigenvalue weighted by molar-refractivity contribution is 5.96. The first-order valence-electron chi connectivity index (χ1n) is 10.8. The number of hydrogen-bond acceptors (Lipinski definition) is 3. The monoisotopic (exact) mass is 411 g/mol. The fourth-order valence-electron chi connectivity index (χ4n) is 4.45. The van der Waals surface area contributed by atoms with Crippen molar-refractivity contribution in [3.8, 4) is 17.1 Å². The molecule has 3 aromatic carbocycles. The van der Waals surface area contributed by atoms with E-state index in [0.717, 1.165) is 46.6 Å². The maximum atomic E-state index is 11.7. The van der Waals surface area contributed by atoms with Crippen molar-refractivity contribution >= 4 is 16.9 Å². The minimum absolute atomic E-state index is 0.410. The Bertz CT molecular complexity index is 1220. The van der Waals surface area contributed by atoms with E-state index in [1.807, 2.05) is 42.5 Å². The Kier molecular flexibility index (Phi) is 5.16. The molecule has 0 atom stereocenters. The van der Waals surface area contributed by atoms with Crippen molar-refractivity contribution in [3.05, 3.63) is 83.9 Å². The van der Waals surface area contributed by atoms with E-state index in [1.165, 1.54) is 12.8 Å². The lowest BCUT2D eigenvalue weighted by Gasteiger charge is -2.17. The number of ether oxygens (including phenoxy) is 1. The molecule has 0 unspecified atom stereocenters. The zero-order chi connectivity index (χ0) is 21.2. The lowest BCUT2D eigenvalue weighted by Crippen LogP contribution is -2.10. The van der Waals surface area contributed by atoms with E-state index in [2.05, 4.69) is 22.8 Å². The molecule has 5 rings (SSSR count). The van der Waals surface area contributed by atoms with Crippen LogP contribution in [0.1, 0.15) is 47.6 Å². The van der Waals surface area contributed by atoms with Gasteiger partial charge < -0.3 is 15.0 Å². The number of imidazole rings is 1. The summed E-state index contributed by atoms with van der Waals surface area (Å²) in [5.41, 5.74) is 9.96. The Balaban J connectivity index is 1.54. The Morgan fingerprint density at radius 2 is 1.81 bits per heavy atom. The van der Waals surface area contributed by atoms with Crippen LogP contribution in [-0.2, 0) is 6.61 Å². The number of aromatic nitrogens is 2. The Morgan fingerprint density at radius 3 is 2.58 bits per heavy atom. The first kappa shape index (κ1) is 19.4. The number of nitrogens with zero attached hydrogens (tertiary/aromatic N) is 2. The summed E-state index contributed by atoms with van der Waals surface area (Å²) in [4.78, 5) is 16.6. The molecular formula is C26H25N3O2. The second kappa shape index (κ2) is 8.26. The molecule has 1 aromatic heterocycles. The summed E-state index contributed by atoms with van der Waals surface area (Å²) in [6.07, 6.45) is 4.73. The molecule has 2 N–H and O–H groups in total. The van der Waals surface area contributed by atoms with Crippen molar-refractivity contribution in [2.45, 2.75) is 38.3 Å². The van der Waals surface area contributed by atoms with E-state index in [1.54, 1.807) is 12.1 Å². The van der Waals surface area contributed by atoms with Gasteiger partial charge in [-0.2, -0.15) is 0 Å². The molecule has 156 valence electrons. The van der Waals surface area contributed by atoms with Crippen LogP contribution in [0.2, 0.25) is 0 Å². The van der Waals surface area contributed by atoms with Gasteiger partial charge in [0.05, 0.1) is 11.0 Å². The number of hydrogen-bond donors (Lipinski definition) is 1. The molecule has 1 saturated carbocycles. The molecular weight excluding hydrogens is 386 g/mol. The standard InChI is InChI=1S/C26H25N3O2/c27-25(30)19-13-14-24-23(16-19)28-26(29(24)21-10-4-5-11-21)20-9-6-12-22(15-20)31-17-18-7-2-1-3-8-18/h1-3,6-9,12-16,21H,4-5,10-11,17H2,(H2,27,30). The summed E-state index contributed by atoms with van der Waals surface area (Å²) in [7, 11) is 0. The van der Waals surface area contributed by atoms with Crippen LogP contribution in [0.15, 0.2) is 72.8 Å². The number of amides is 1. The minimum Gasteiger partial charge on any atom is -0.489 e. The van der Waals surface area contributed by atoms with Gasteiger partial charge in [-0.3, -0.25) is 4.79 Å². The van der Waals surface area contributed by atoms with Crippen LogP contribution in [0.4, 0.5) is 0 Å². The average molecular weight is 412 g/mol. The first-order chi connectivity index (χ1) is 15.2. The summed E-state index contributed by atoms with van der Waals surface area (Å²) in [6, 6.07) is 24.2. The van der Waals surface area contributed by atoms with E-state index in [-0.39, 0.29) is 0 Å². The molecule has 1 aliphatic carbocycles. The first-order valence-corrected chi connectivity index (χ1v) is 10.8. The van der Waals surface area contributed by atoms with E-state index in [0.29, 0.717) is 18.2 Å². The normalized spacial score (nSPS) is 14.2. The topological polar surface area (TPSA) is 70.1 Å². The molecule has 5 heteroatoms. The Hall–Kier alpha value is -3.60. The third-order valence-electron chi connectivity index (χ3n) is 6.00. The minimum atomic E-state index is -0.435. The SMILES string of the molecule is NC(=O)c1ccc2c(c1)nc(-c1cccc(OCc3ccccc3)c1)n2C1CCCC1. The van der Waals surface area contributed by atoms with Gasteiger partial charge in [-0.15, -0.1) is 0 Å². The van der Waals surface area contributed by atoms with Crippen molar-refractivity contribution in [2.75, 3.05) is 0 Å². The lowest BCUT2D eigenvalue weighted by molar-refractivity contribution is 0.100. The quantitative estimate of drug-likeness (QED) is 0.456. The van der Waals surface area contributed by atoms with Crippen LogP contribution in [0.25, 0.3) is 22.4 Å². The molecule has 0 saturated heterocycles. The van der Waals surface area contributed by atoms with Gasteiger partial charge in [-0.05, 0) is 48.7 Å². The van der Waals surface area contributed by atoms with Crippen molar-refractivity contribution in [1.82, 2.24) is 9.55 Å². The molecule has 4 aromatic rings. The smallest absolute Gasteiger partial charge is 0.248 e. The number of benzene rings is 3. The fraction of sp³-hybridized carbons (Fsp3) is 0.231. The van der Waals surface area contributed by atoms with E-state index < -0.39 is 5.91 Å². The zero-order valence-electron chi connectivity index (χ0n) is 17.3. The van der Waals surface area contributed by atoms with E-state index >= 15 is 0 Å². The zero-order valence-corrected chi connectivity index (χ0v) is 17.3. The molecule has 0 aliphatic heterocycles. The van der Waals surface area contributed by atoms with Gasteiger partial charge in [-0.25, -0.2) is 4.98 Å². The highest BCUT2D eigenvalue weighted by atomic mass is 16.5. The highest BCUT2D eigenvalue weighted by Crippen LogP contribution is 2.37. The van der Waals surface area contributed by atoms with Crippen LogP contribution >= 0.6 is 0 Å². The summed E-state index contributed by atoms with van der Waals surface area (Å²) in [6.45, 7) is 0.519. The van der Waals surface area contributed by atoms with Crippen LogP contribution in [-0.4, -0.2) is 15.5 Å². The second-order valence-electron chi connectivity index (χ2n) is 8.11. The third kappa shape index (κ3) is 3.91. The predicted molar refractivity (Wildman–Crippen MR) is 122 cm³/mol. The Labute approximate surface area is 181 Å². The molecule has 0 spiro atoms. The highest BCUT2D eigenvalue weighted by Gasteiger charge is 2.24. The molecule has 1 heterocycles. The van der Waals surface area contributed by atoms with Crippen LogP contribution in [0.5, 0.6) is 5.75 Å². The van der Waals surface area contributed by atoms with Crippen molar-refractivity contribution in [1.29, 1.82) is 0 Å². The Morgan fingerprint density at radius 1 is 1.00 bits per heavy atom. The number of primary amides is 1. The maximum absolute atomic E-state index is 11.7. The van der Waals surface area contributed by atoms with Crippen LogP contribution in [0.3, 0.4) is 0 Å². The van der Waals surface area contributed by atoms with Crippen molar-refractivity contribution in [3.63, 3.8) is 0 Å². The number of rotatable bonds is 6. The van der Waals surface area contributed by atoms with Gasteiger partial charge in [0.1, 0.15) is 18.2 Å². The summed E-state index contributed by atoms with van der Waals surface area (Å²) in [5, 5.41) is 0. The van der Waals surface area contributed by atoms with Gasteiger partial charge in [0.2, 0.25) is 5.91 Å². The summed E-state index contributed by atoms with van der Waals surface area (Å²) >= 11 is 0. The van der Waals surface area contributed by atoms with Gasteiger partial charge in [0.15, 0.2) is 0 Å². The number of nitrogens with two attached hydrogens (primary N) is 1. The molecule has 1 fully saturated rings. The fourth-order valence-corrected chi connectivity index (χ4v) is 4.45. The van der Waals surface area contributed by atoms with Gasteiger partial charge >= 0.3 is 0 Å². The number of carbonyl (C=O) groups is 1. The lowest BCUT2D eigenvalue weighted by atomic mass is 10.1. The van der Waals surface area contributed by atoms with Gasteiger partial charge in [0, 0.05) is 17.2 Å². The van der Waals surface area contributed by atoms with Crippen molar-refractivity contribution < 1.29 is 9.53 Å². The largest absolute Gasteiger partial charge is 0.489 e. The van der Waals surface area contributed by atoms with Gasteiger partial charge in [0.25, 0.3) is 0 Å². The molecule has 5 nitrogen and oxygen atoms in total. The van der Waals surface area contributed by atoms with Crippen molar-refractivity contribution in [2.24, 2.45) is 5.73 Å². The molecule has 1 amide bonds. The number of fused-ring (bicyclic) bond motifs is 1. The maximum Gasteiger partial charge on any atom is 0.248 e. The average Bonchev–Trinajstić information content (AvgIpc) is 3.45. The van der Waals surface area contributed by atoms with E-state index in [9.17, 15) is 4.79 Å². The third-order valence-corrected chi connectivity index (χ3v) is 6.00. The second-order valence-corrected chi connectivity index (χ2v) is 8.11. The number of carbonyl (C=O) groups excluding carboxylic acids is 1. The van der Waals surface area contributed by atoms with Crippen LogP contribution < -0.4 is 10.5 Å². The van der Waals surface area contributed by atoms with E-state index in [4.69, 9.17) is 15.5 Å². The molecule has 1 aliphatic rings. The molecule has 31 heavy (non-hydrogen) atoms. The predicted octanol–water partition coefficient (Wildman–Crippen LogP) is 5.50. The van der Waals surface area contributed by atoms with Gasteiger partial charge in [-0.1, -0.05) is 55.3 Å².